The number of aliphatic hydroxyl groups is 2. The van der Waals surface area contributed by atoms with E-state index in [0.29, 0.717) is 6.42 Å². The van der Waals surface area contributed by atoms with E-state index in [9.17, 15) is 15.0 Å². The van der Waals surface area contributed by atoms with Crippen LogP contribution < -0.4 is 0 Å². The van der Waals surface area contributed by atoms with E-state index in [4.69, 9.17) is 5.11 Å². The van der Waals surface area contributed by atoms with Crippen LogP contribution in [0.3, 0.4) is 0 Å². The summed E-state index contributed by atoms with van der Waals surface area (Å²) in [7, 11) is 0. The summed E-state index contributed by atoms with van der Waals surface area (Å²) in [6.07, 6.45) is 12.7. The highest BCUT2D eigenvalue weighted by Gasteiger charge is 2.31. The molecule has 0 spiro atoms. The van der Waals surface area contributed by atoms with Gasteiger partial charge in [0.2, 0.25) is 0 Å². The summed E-state index contributed by atoms with van der Waals surface area (Å²) in [5.74, 6) is -0.226. The zero-order chi connectivity index (χ0) is 19.6. The van der Waals surface area contributed by atoms with Crippen LogP contribution >= 0.6 is 0 Å². The summed E-state index contributed by atoms with van der Waals surface area (Å²) in [6.45, 7) is 6.25. The van der Waals surface area contributed by atoms with Gasteiger partial charge in [0, 0.05) is 12.3 Å². The molecule has 2 unspecified atom stereocenters. The first-order valence-electron chi connectivity index (χ1n) is 10.6. The molecule has 1 fully saturated rings. The Labute approximate surface area is 159 Å². The van der Waals surface area contributed by atoms with Crippen LogP contribution in [0.15, 0.2) is 11.6 Å². The molecule has 1 rings (SSSR count). The number of aliphatic hydroxyl groups excluding tert-OH is 1. The molecule has 3 N–H and O–H groups in total. The molecular weight excluding hydrogens is 328 g/mol. The number of carbonyl (C=O) groups is 1. The topological polar surface area (TPSA) is 77.8 Å². The average molecular weight is 369 g/mol. The highest BCUT2D eigenvalue weighted by Crippen LogP contribution is 2.37. The Morgan fingerprint density at radius 2 is 1.96 bits per heavy atom. The first-order chi connectivity index (χ1) is 12.3. The van der Waals surface area contributed by atoms with E-state index in [1.165, 1.54) is 5.57 Å². The van der Waals surface area contributed by atoms with E-state index < -0.39 is 11.6 Å². The van der Waals surface area contributed by atoms with Crippen LogP contribution in [-0.4, -0.2) is 33.0 Å². The molecule has 152 valence electrons. The van der Waals surface area contributed by atoms with Crippen LogP contribution in [0.5, 0.6) is 0 Å². The molecule has 0 amide bonds. The Kier molecular flexibility index (Phi) is 10.5. The highest BCUT2D eigenvalue weighted by atomic mass is 16.4. The molecule has 4 atom stereocenters. The highest BCUT2D eigenvalue weighted by molar-refractivity contribution is 5.66. The maximum Gasteiger partial charge on any atom is 0.303 e. The quantitative estimate of drug-likeness (QED) is 0.313. The molecule has 0 saturated heterocycles. The van der Waals surface area contributed by atoms with E-state index in [2.05, 4.69) is 19.9 Å². The number of aliphatic carboxylic acids is 1. The van der Waals surface area contributed by atoms with E-state index in [0.717, 1.165) is 64.2 Å². The minimum atomic E-state index is -0.721. The molecule has 1 saturated carbocycles. The van der Waals surface area contributed by atoms with Crippen molar-refractivity contribution in [3.8, 4) is 0 Å². The van der Waals surface area contributed by atoms with Crippen molar-refractivity contribution in [1.82, 2.24) is 0 Å². The third kappa shape index (κ3) is 8.22. The Morgan fingerprint density at radius 3 is 2.62 bits per heavy atom. The number of unbranched alkanes of at least 4 members (excludes halogenated alkanes) is 4. The van der Waals surface area contributed by atoms with Gasteiger partial charge in [-0.05, 0) is 51.4 Å². The predicted octanol–water partition coefficient (Wildman–Crippen LogP) is 5.08. The maximum absolute atomic E-state index is 10.8. The molecule has 0 aliphatic heterocycles. The fraction of sp³-hybridized carbons (Fsp3) is 0.864. The van der Waals surface area contributed by atoms with Crippen LogP contribution in [0.25, 0.3) is 0 Å². The lowest BCUT2D eigenvalue weighted by Crippen LogP contribution is -2.32. The standard InChI is InChI=1S/C22H40O4/c1-4-5-10-17(2)22(3,26)16-15-18-13-14-20(23)19(18)11-8-6-7-9-12-21(24)25/h15,17,19-20,23,26H,4-14,16H2,1-3H3,(H,24,25)/t17?,19-,20+,22?/m1/s1. The van der Waals surface area contributed by atoms with Gasteiger partial charge < -0.3 is 15.3 Å². The zero-order valence-corrected chi connectivity index (χ0v) is 17.0. The molecule has 0 aromatic rings. The van der Waals surface area contributed by atoms with Crippen LogP contribution in [-0.2, 0) is 4.79 Å². The first kappa shape index (κ1) is 23.2. The molecular formula is C22H40O4. The van der Waals surface area contributed by atoms with Gasteiger partial charge in [0.15, 0.2) is 0 Å². The molecule has 0 aromatic heterocycles. The van der Waals surface area contributed by atoms with Crippen molar-refractivity contribution in [2.24, 2.45) is 11.8 Å². The number of rotatable bonds is 13. The van der Waals surface area contributed by atoms with Gasteiger partial charge in [-0.2, -0.15) is 0 Å². The molecule has 0 aromatic carbocycles. The summed E-state index contributed by atoms with van der Waals surface area (Å²) in [6, 6.07) is 0. The van der Waals surface area contributed by atoms with Gasteiger partial charge in [-0.1, -0.05) is 57.6 Å². The van der Waals surface area contributed by atoms with Crippen molar-refractivity contribution in [3.63, 3.8) is 0 Å². The minimum Gasteiger partial charge on any atom is -0.481 e. The monoisotopic (exact) mass is 368 g/mol. The Morgan fingerprint density at radius 1 is 1.27 bits per heavy atom. The molecule has 4 heteroatoms. The molecule has 1 aliphatic rings. The van der Waals surface area contributed by atoms with Crippen LogP contribution in [0, 0.1) is 11.8 Å². The van der Waals surface area contributed by atoms with E-state index in [-0.39, 0.29) is 24.4 Å². The summed E-state index contributed by atoms with van der Waals surface area (Å²) >= 11 is 0. The number of carboxylic acids is 1. The summed E-state index contributed by atoms with van der Waals surface area (Å²) in [4.78, 5) is 10.5. The average Bonchev–Trinajstić information content (AvgIpc) is 2.93. The van der Waals surface area contributed by atoms with Crippen molar-refractivity contribution >= 4 is 5.97 Å². The first-order valence-corrected chi connectivity index (χ1v) is 10.6. The summed E-state index contributed by atoms with van der Waals surface area (Å²) < 4.78 is 0. The van der Waals surface area contributed by atoms with Gasteiger partial charge in [0.25, 0.3) is 0 Å². The SMILES string of the molecule is CCCCC(C)C(C)(O)CC=C1CC[C@H](O)[C@@H]1CCCCCCC(=O)O. The molecule has 4 nitrogen and oxygen atoms in total. The third-order valence-electron chi connectivity index (χ3n) is 6.16. The Balaban J connectivity index is 2.45. The Bertz CT molecular complexity index is 441. The molecule has 0 bridgehead atoms. The molecule has 0 radical (unpaired) electrons. The Hall–Kier alpha value is -0.870. The van der Waals surface area contributed by atoms with Crippen molar-refractivity contribution < 1.29 is 20.1 Å². The fourth-order valence-corrected chi connectivity index (χ4v) is 3.93. The second-order valence-corrected chi connectivity index (χ2v) is 8.44. The largest absolute Gasteiger partial charge is 0.481 e. The normalized spacial score (nSPS) is 25.3. The lowest BCUT2D eigenvalue weighted by atomic mass is 9.83. The number of carboxylic acid groups (broad SMARTS) is 1. The number of hydrogen-bond acceptors (Lipinski definition) is 3. The lowest BCUT2D eigenvalue weighted by molar-refractivity contribution is -0.137. The molecule has 0 heterocycles. The van der Waals surface area contributed by atoms with Crippen molar-refractivity contribution in [1.29, 1.82) is 0 Å². The third-order valence-corrected chi connectivity index (χ3v) is 6.16. The van der Waals surface area contributed by atoms with E-state index in [1.807, 2.05) is 6.92 Å². The van der Waals surface area contributed by atoms with Gasteiger partial charge in [-0.25, -0.2) is 0 Å². The number of hydrogen-bond donors (Lipinski definition) is 3. The van der Waals surface area contributed by atoms with Crippen LogP contribution in [0.2, 0.25) is 0 Å². The lowest BCUT2D eigenvalue weighted by Gasteiger charge is -2.30. The zero-order valence-electron chi connectivity index (χ0n) is 17.0. The summed E-state index contributed by atoms with van der Waals surface area (Å²) in [5.41, 5.74) is 0.628. The second-order valence-electron chi connectivity index (χ2n) is 8.44. The van der Waals surface area contributed by atoms with E-state index in [1.54, 1.807) is 0 Å². The molecule has 1 aliphatic carbocycles. The predicted molar refractivity (Wildman–Crippen MR) is 106 cm³/mol. The van der Waals surface area contributed by atoms with Gasteiger partial charge in [0.05, 0.1) is 11.7 Å². The van der Waals surface area contributed by atoms with Gasteiger partial charge in [-0.15, -0.1) is 0 Å². The van der Waals surface area contributed by atoms with Crippen LogP contribution in [0.4, 0.5) is 0 Å². The molecule has 26 heavy (non-hydrogen) atoms. The smallest absolute Gasteiger partial charge is 0.303 e. The van der Waals surface area contributed by atoms with Crippen molar-refractivity contribution in [2.45, 2.75) is 110 Å². The van der Waals surface area contributed by atoms with Gasteiger partial charge >= 0.3 is 5.97 Å². The van der Waals surface area contributed by atoms with Crippen molar-refractivity contribution in [2.75, 3.05) is 0 Å². The van der Waals surface area contributed by atoms with Crippen LogP contribution in [0.1, 0.15) is 97.8 Å². The minimum absolute atomic E-state index is 0.219. The fourth-order valence-electron chi connectivity index (χ4n) is 3.93. The van der Waals surface area contributed by atoms with Crippen molar-refractivity contribution in [3.05, 3.63) is 11.6 Å². The second kappa shape index (κ2) is 11.8. The summed E-state index contributed by atoms with van der Waals surface area (Å²) in [5, 5.41) is 29.8. The van der Waals surface area contributed by atoms with Gasteiger partial charge in [0.1, 0.15) is 0 Å². The van der Waals surface area contributed by atoms with E-state index >= 15 is 0 Å². The maximum atomic E-state index is 10.8. The van der Waals surface area contributed by atoms with Gasteiger partial charge in [-0.3, -0.25) is 4.79 Å².